The van der Waals surface area contributed by atoms with Crippen molar-refractivity contribution in [1.29, 1.82) is 0 Å². The second-order valence-electron chi connectivity index (χ2n) is 5.95. The second kappa shape index (κ2) is 3.91. The highest BCUT2D eigenvalue weighted by molar-refractivity contribution is 5.68. The zero-order valence-corrected chi connectivity index (χ0v) is 10.3. The molecule has 1 aliphatic carbocycles. The van der Waals surface area contributed by atoms with Crippen LogP contribution in [0.1, 0.15) is 33.6 Å². The van der Waals surface area contributed by atoms with Gasteiger partial charge >= 0.3 is 6.09 Å². The minimum atomic E-state index is -0.437. The van der Waals surface area contributed by atoms with E-state index in [0.717, 1.165) is 19.4 Å². The molecule has 1 saturated carbocycles. The van der Waals surface area contributed by atoms with Gasteiger partial charge in [-0.15, -0.1) is 0 Å². The molecule has 0 aromatic carbocycles. The van der Waals surface area contributed by atoms with Crippen LogP contribution in [0.5, 0.6) is 0 Å². The third-order valence-corrected chi connectivity index (χ3v) is 3.47. The Hall–Kier alpha value is -0.770. The zero-order valence-electron chi connectivity index (χ0n) is 10.3. The summed E-state index contributed by atoms with van der Waals surface area (Å²) in [6, 6.07) is 0. The Morgan fingerprint density at radius 3 is 2.56 bits per heavy atom. The van der Waals surface area contributed by atoms with Crippen LogP contribution < -0.4 is 0 Å². The number of fused-ring (bicyclic) bond motifs is 1. The van der Waals surface area contributed by atoms with Crippen LogP contribution in [-0.2, 0) is 4.74 Å². The standard InChI is InChI=1S/C12H21NO3/c1-12(2,3)16-11(15)13-6-8-4-5-10(14)9(8)7-13/h8-10,14H,4-7H2,1-3H3/t8-,9-,10-/m1/s1. The fourth-order valence-corrected chi connectivity index (χ4v) is 2.71. The van der Waals surface area contributed by atoms with Crippen LogP contribution >= 0.6 is 0 Å². The molecule has 4 nitrogen and oxygen atoms in total. The second-order valence-corrected chi connectivity index (χ2v) is 5.95. The minimum Gasteiger partial charge on any atom is -0.444 e. The Morgan fingerprint density at radius 2 is 2.00 bits per heavy atom. The molecule has 0 radical (unpaired) electrons. The van der Waals surface area contributed by atoms with E-state index in [2.05, 4.69) is 0 Å². The summed E-state index contributed by atoms with van der Waals surface area (Å²) >= 11 is 0. The van der Waals surface area contributed by atoms with Crippen LogP contribution in [-0.4, -0.2) is 40.9 Å². The third-order valence-electron chi connectivity index (χ3n) is 3.47. The molecule has 1 aliphatic heterocycles. The highest BCUT2D eigenvalue weighted by Gasteiger charge is 2.44. The summed E-state index contributed by atoms with van der Waals surface area (Å²) in [5, 5.41) is 9.75. The van der Waals surface area contributed by atoms with Gasteiger partial charge in [0.05, 0.1) is 6.10 Å². The maximum absolute atomic E-state index is 11.8. The molecule has 1 amide bonds. The zero-order chi connectivity index (χ0) is 11.9. The number of rotatable bonds is 0. The molecule has 0 bridgehead atoms. The molecule has 16 heavy (non-hydrogen) atoms. The predicted molar refractivity (Wildman–Crippen MR) is 60.0 cm³/mol. The lowest BCUT2D eigenvalue weighted by molar-refractivity contribution is 0.0263. The van der Waals surface area contributed by atoms with Crippen LogP contribution in [0.4, 0.5) is 4.79 Å². The molecule has 0 unspecified atom stereocenters. The van der Waals surface area contributed by atoms with Crippen LogP contribution in [0.3, 0.4) is 0 Å². The number of hydrogen-bond acceptors (Lipinski definition) is 3. The molecule has 1 saturated heterocycles. The molecule has 1 heterocycles. The topological polar surface area (TPSA) is 49.8 Å². The lowest BCUT2D eigenvalue weighted by Gasteiger charge is -2.25. The molecule has 1 N–H and O–H groups in total. The van der Waals surface area contributed by atoms with E-state index >= 15 is 0 Å². The van der Waals surface area contributed by atoms with Crippen molar-refractivity contribution in [2.24, 2.45) is 11.8 Å². The van der Waals surface area contributed by atoms with Gasteiger partial charge in [0.1, 0.15) is 5.60 Å². The summed E-state index contributed by atoms with van der Waals surface area (Å²) in [4.78, 5) is 13.6. The Labute approximate surface area is 96.6 Å². The Bertz CT molecular complexity index is 284. The number of nitrogens with zero attached hydrogens (tertiary/aromatic N) is 1. The number of ether oxygens (including phenoxy) is 1. The van der Waals surface area contributed by atoms with Crippen molar-refractivity contribution in [3.8, 4) is 0 Å². The number of carbonyl (C=O) groups is 1. The summed E-state index contributed by atoms with van der Waals surface area (Å²) in [5.41, 5.74) is -0.437. The maximum atomic E-state index is 11.8. The van der Waals surface area contributed by atoms with Crippen molar-refractivity contribution in [2.75, 3.05) is 13.1 Å². The number of likely N-dealkylation sites (tertiary alicyclic amines) is 1. The first-order chi connectivity index (χ1) is 7.37. The van der Waals surface area contributed by atoms with Crippen molar-refractivity contribution in [1.82, 2.24) is 4.90 Å². The smallest absolute Gasteiger partial charge is 0.410 e. The largest absolute Gasteiger partial charge is 0.444 e. The number of aliphatic hydroxyl groups is 1. The molecule has 0 spiro atoms. The number of carbonyl (C=O) groups excluding carboxylic acids is 1. The summed E-state index contributed by atoms with van der Waals surface area (Å²) in [7, 11) is 0. The lowest BCUT2D eigenvalue weighted by Crippen LogP contribution is -2.36. The van der Waals surface area contributed by atoms with Gasteiger partial charge in [-0.3, -0.25) is 0 Å². The van der Waals surface area contributed by atoms with Crippen molar-refractivity contribution in [3.05, 3.63) is 0 Å². The number of hydrogen-bond donors (Lipinski definition) is 1. The van der Waals surface area contributed by atoms with E-state index in [4.69, 9.17) is 4.74 Å². The average Bonchev–Trinajstić information content (AvgIpc) is 2.65. The lowest BCUT2D eigenvalue weighted by atomic mass is 10.00. The molecule has 4 heteroatoms. The molecular formula is C12H21NO3. The summed E-state index contributed by atoms with van der Waals surface area (Å²) in [5.74, 6) is 0.745. The minimum absolute atomic E-state index is 0.225. The van der Waals surface area contributed by atoms with Crippen molar-refractivity contribution in [3.63, 3.8) is 0 Å². The molecule has 0 aromatic heterocycles. The molecule has 92 valence electrons. The van der Waals surface area contributed by atoms with Crippen molar-refractivity contribution in [2.45, 2.75) is 45.3 Å². The van der Waals surface area contributed by atoms with E-state index in [1.165, 1.54) is 0 Å². The van der Waals surface area contributed by atoms with E-state index in [1.807, 2.05) is 20.8 Å². The highest BCUT2D eigenvalue weighted by atomic mass is 16.6. The monoisotopic (exact) mass is 227 g/mol. The van der Waals surface area contributed by atoms with Gasteiger partial charge < -0.3 is 14.7 Å². The summed E-state index contributed by atoms with van der Waals surface area (Å²) in [6.45, 7) is 7.02. The van der Waals surface area contributed by atoms with Gasteiger partial charge in [0.25, 0.3) is 0 Å². The van der Waals surface area contributed by atoms with Gasteiger partial charge in [-0.05, 0) is 39.5 Å². The first-order valence-electron chi connectivity index (χ1n) is 6.03. The van der Waals surface area contributed by atoms with E-state index in [9.17, 15) is 9.90 Å². The third kappa shape index (κ3) is 2.32. The van der Waals surface area contributed by atoms with Crippen LogP contribution in [0.2, 0.25) is 0 Å². The van der Waals surface area contributed by atoms with Crippen molar-refractivity contribution >= 4 is 6.09 Å². The van der Waals surface area contributed by atoms with Crippen LogP contribution in [0, 0.1) is 11.8 Å². The average molecular weight is 227 g/mol. The molecule has 3 atom stereocenters. The predicted octanol–water partition coefficient (Wildman–Crippen LogP) is 1.62. The van der Waals surface area contributed by atoms with E-state index < -0.39 is 5.60 Å². The van der Waals surface area contributed by atoms with Crippen molar-refractivity contribution < 1.29 is 14.6 Å². The fourth-order valence-electron chi connectivity index (χ4n) is 2.71. The van der Waals surface area contributed by atoms with Crippen LogP contribution in [0.25, 0.3) is 0 Å². The van der Waals surface area contributed by atoms with E-state index in [1.54, 1.807) is 4.90 Å². The Balaban J connectivity index is 1.92. The summed E-state index contributed by atoms with van der Waals surface area (Å²) in [6.07, 6.45) is 1.45. The molecule has 2 aliphatic rings. The first-order valence-corrected chi connectivity index (χ1v) is 6.03. The quantitative estimate of drug-likeness (QED) is 0.684. The SMILES string of the molecule is CC(C)(C)OC(=O)N1C[C@H]2CC[C@@H](O)[C@@H]2C1. The first kappa shape index (κ1) is 11.7. The van der Waals surface area contributed by atoms with Gasteiger partial charge in [0, 0.05) is 19.0 Å². The van der Waals surface area contributed by atoms with Gasteiger partial charge in [0.15, 0.2) is 0 Å². The maximum Gasteiger partial charge on any atom is 0.410 e. The molecular weight excluding hydrogens is 206 g/mol. The number of amides is 1. The van der Waals surface area contributed by atoms with E-state index in [-0.39, 0.29) is 18.1 Å². The fraction of sp³-hybridized carbons (Fsp3) is 0.917. The number of aliphatic hydroxyl groups excluding tert-OH is 1. The van der Waals surface area contributed by atoms with Gasteiger partial charge in [-0.2, -0.15) is 0 Å². The van der Waals surface area contributed by atoms with Gasteiger partial charge in [-0.25, -0.2) is 4.79 Å². The molecule has 2 rings (SSSR count). The van der Waals surface area contributed by atoms with Gasteiger partial charge in [-0.1, -0.05) is 0 Å². The van der Waals surface area contributed by atoms with Gasteiger partial charge in [0.2, 0.25) is 0 Å². The molecule has 2 fully saturated rings. The normalized spacial score (nSPS) is 34.0. The Kier molecular flexibility index (Phi) is 2.86. The van der Waals surface area contributed by atoms with Crippen LogP contribution in [0.15, 0.2) is 0 Å². The Morgan fingerprint density at radius 1 is 1.31 bits per heavy atom. The molecule has 0 aromatic rings. The summed E-state index contributed by atoms with van der Waals surface area (Å²) < 4.78 is 5.33. The highest BCUT2D eigenvalue weighted by Crippen LogP contribution is 2.38. The van der Waals surface area contributed by atoms with E-state index in [0.29, 0.717) is 12.5 Å².